The van der Waals surface area contributed by atoms with E-state index in [2.05, 4.69) is 68.9 Å². The third-order valence-corrected chi connectivity index (χ3v) is 5.72. The molecule has 1 fully saturated rings. The Hall–Kier alpha value is -2.55. The summed E-state index contributed by atoms with van der Waals surface area (Å²) in [5, 5.41) is 9.97. The van der Waals surface area contributed by atoms with Crippen LogP contribution in [0, 0.1) is 5.92 Å². The van der Waals surface area contributed by atoms with Crippen molar-refractivity contribution in [2.75, 3.05) is 36.5 Å². The molecule has 1 aliphatic rings. The molecule has 0 atom stereocenters. The van der Waals surface area contributed by atoms with E-state index in [0.717, 1.165) is 32.5 Å². The Morgan fingerprint density at radius 3 is 2.48 bits per heavy atom. The van der Waals surface area contributed by atoms with Crippen LogP contribution >= 0.6 is 24.8 Å². The number of aryl methyl sites for hydroxylation is 1. The zero-order valence-corrected chi connectivity index (χ0v) is 19.2. The van der Waals surface area contributed by atoms with Crippen molar-refractivity contribution in [3.8, 4) is 0 Å². The van der Waals surface area contributed by atoms with Crippen molar-refractivity contribution in [2.24, 2.45) is 13.0 Å². The fourth-order valence-corrected chi connectivity index (χ4v) is 4.09. The van der Waals surface area contributed by atoms with Crippen molar-refractivity contribution in [2.45, 2.75) is 12.8 Å². The summed E-state index contributed by atoms with van der Waals surface area (Å²) in [5.74, 6) is 0.627. The minimum Gasteiger partial charge on any atom is -0.373 e. The molecule has 0 unspecified atom stereocenters. The van der Waals surface area contributed by atoms with E-state index < -0.39 is 5.91 Å². The number of nitrogens with zero attached hydrogens (tertiary/aromatic N) is 5. The summed E-state index contributed by atoms with van der Waals surface area (Å²) in [6, 6.07) is 8.50. The highest BCUT2D eigenvalue weighted by atomic mass is 35.5. The number of benzene rings is 1. The van der Waals surface area contributed by atoms with Gasteiger partial charge in [0.25, 0.3) is 5.91 Å². The van der Waals surface area contributed by atoms with Crippen molar-refractivity contribution in [3.63, 3.8) is 0 Å². The number of hydroxylamine groups is 1. The molecule has 0 saturated carbocycles. The highest BCUT2D eigenvalue weighted by Gasteiger charge is 2.23. The number of nitrogens with one attached hydrogen (secondary N) is 1. The fourth-order valence-electron chi connectivity index (χ4n) is 4.09. The number of piperidine rings is 1. The summed E-state index contributed by atoms with van der Waals surface area (Å²) in [7, 11) is 4.26. The smallest absolute Gasteiger partial charge is 0.277 e. The summed E-state index contributed by atoms with van der Waals surface area (Å²) >= 11 is 0. The largest absolute Gasteiger partial charge is 0.373 e. The minimum absolute atomic E-state index is 0. The third-order valence-electron chi connectivity index (χ3n) is 5.72. The van der Waals surface area contributed by atoms with Gasteiger partial charge in [-0.2, -0.15) is 0 Å². The number of amides is 1. The molecular formula is C21H28Cl2N6O2. The van der Waals surface area contributed by atoms with Gasteiger partial charge in [-0.25, -0.2) is 15.4 Å². The molecule has 10 heteroatoms. The summed E-state index contributed by atoms with van der Waals surface area (Å²) in [4.78, 5) is 24.4. The van der Waals surface area contributed by atoms with Crippen molar-refractivity contribution in [1.82, 2.24) is 20.0 Å². The van der Waals surface area contributed by atoms with Crippen LogP contribution in [-0.2, 0) is 7.05 Å². The van der Waals surface area contributed by atoms with Crippen molar-refractivity contribution >= 4 is 53.3 Å². The highest BCUT2D eigenvalue weighted by molar-refractivity contribution is 5.93. The molecule has 1 amide bonds. The van der Waals surface area contributed by atoms with Gasteiger partial charge in [0.15, 0.2) is 0 Å². The first kappa shape index (κ1) is 24.7. The van der Waals surface area contributed by atoms with Crippen LogP contribution in [0.25, 0.3) is 10.9 Å². The fraction of sp³-hybridized carbons (Fsp3) is 0.381. The number of halogens is 2. The zero-order chi connectivity index (χ0) is 20.4. The van der Waals surface area contributed by atoms with Gasteiger partial charge in [-0.15, -0.1) is 24.8 Å². The molecule has 2 N–H and O–H groups in total. The summed E-state index contributed by atoms with van der Waals surface area (Å²) < 4.78 is 2.18. The van der Waals surface area contributed by atoms with Crippen LogP contribution in [0.5, 0.6) is 0 Å². The minimum atomic E-state index is -0.605. The maximum Gasteiger partial charge on any atom is 0.277 e. The lowest BCUT2D eigenvalue weighted by Crippen LogP contribution is -2.38. The van der Waals surface area contributed by atoms with E-state index in [-0.39, 0.29) is 30.4 Å². The first-order valence-corrected chi connectivity index (χ1v) is 9.83. The molecule has 0 spiro atoms. The van der Waals surface area contributed by atoms with Crippen LogP contribution in [0.1, 0.15) is 23.2 Å². The van der Waals surface area contributed by atoms with Gasteiger partial charge in [-0.1, -0.05) is 18.2 Å². The van der Waals surface area contributed by atoms with Crippen LogP contribution in [0.2, 0.25) is 0 Å². The maximum atomic E-state index is 11.4. The molecule has 31 heavy (non-hydrogen) atoms. The van der Waals surface area contributed by atoms with E-state index in [1.165, 1.54) is 29.0 Å². The standard InChI is InChI=1S/C21H26N6O2.2ClH/c1-25(19-14-26(2)18-6-4-3-5-17(18)19)13-15-7-9-27(10-8-15)21-22-11-16(12-23-21)20(28)24-29;;/h3-6,11-12,14-15,29H,7-10,13H2,1-2H3,(H,24,28);2*1H. The topological polar surface area (TPSA) is 86.5 Å². The van der Waals surface area contributed by atoms with E-state index in [4.69, 9.17) is 5.21 Å². The first-order valence-electron chi connectivity index (χ1n) is 9.83. The lowest BCUT2D eigenvalue weighted by atomic mass is 9.96. The number of hydrogen-bond acceptors (Lipinski definition) is 6. The second-order valence-corrected chi connectivity index (χ2v) is 7.67. The number of para-hydroxylation sites is 1. The van der Waals surface area contributed by atoms with E-state index >= 15 is 0 Å². The van der Waals surface area contributed by atoms with Gasteiger partial charge >= 0.3 is 0 Å². The molecule has 3 aromatic rings. The van der Waals surface area contributed by atoms with E-state index in [9.17, 15) is 4.79 Å². The van der Waals surface area contributed by atoms with Gasteiger partial charge in [0, 0.05) is 63.2 Å². The highest BCUT2D eigenvalue weighted by Crippen LogP contribution is 2.30. The summed E-state index contributed by atoms with van der Waals surface area (Å²) in [6.45, 7) is 2.79. The van der Waals surface area contributed by atoms with Crippen molar-refractivity contribution < 1.29 is 10.0 Å². The number of anilines is 2. The molecule has 4 rings (SSSR count). The summed E-state index contributed by atoms with van der Waals surface area (Å²) in [6.07, 6.45) is 7.22. The molecule has 0 bridgehead atoms. The number of rotatable bonds is 5. The van der Waals surface area contributed by atoms with Gasteiger partial charge in [-0.3, -0.25) is 10.0 Å². The van der Waals surface area contributed by atoms with Crippen molar-refractivity contribution in [1.29, 1.82) is 0 Å². The number of carbonyl (C=O) groups excluding carboxylic acids is 1. The Labute approximate surface area is 194 Å². The lowest BCUT2D eigenvalue weighted by Gasteiger charge is -2.34. The second-order valence-electron chi connectivity index (χ2n) is 7.67. The molecule has 1 aromatic carbocycles. The van der Waals surface area contributed by atoms with E-state index in [1.54, 1.807) is 5.48 Å². The molecule has 1 saturated heterocycles. The monoisotopic (exact) mass is 466 g/mol. The second kappa shape index (κ2) is 10.7. The number of carbonyl (C=O) groups is 1. The van der Waals surface area contributed by atoms with Crippen LogP contribution in [0.4, 0.5) is 11.6 Å². The van der Waals surface area contributed by atoms with Crippen LogP contribution in [0.15, 0.2) is 42.9 Å². The predicted octanol–water partition coefficient (Wildman–Crippen LogP) is 3.28. The normalized spacial score (nSPS) is 14.0. The molecular weight excluding hydrogens is 439 g/mol. The molecule has 0 radical (unpaired) electrons. The van der Waals surface area contributed by atoms with Crippen LogP contribution in [-0.4, -0.2) is 52.3 Å². The molecule has 3 heterocycles. The molecule has 168 valence electrons. The van der Waals surface area contributed by atoms with Gasteiger partial charge < -0.3 is 14.4 Å². The maximum absolute atomic E-state index is 11.4. The number of hydrogen-bond donors (Lipinski definition) is 2. The molecule has 1 aliphatic heterocycles. The third kappa shape index (κ3) is 5.20. The SMILES string of the molecule is CN(CC1CCN(c2ncc(C(=O)NO)cn2)CC1)c1cn(C)c2ccccc12.Cl.Cl. The van der Waals surface area contributed by atoms with Crippen molar-refractivity contribution in [3.05, 3.63) is 48.4 Å². The number of fused-ring (bicyclic) bond motifs is 1. The van der Waals surface area contributed by atoms with Gasteiger partial charge in [0.1, 0.15) is 0 Å². The summed E-state index contributed by atoms with van der Waals surface area (Å²) in [5.41, 5.74) is 4.35. The van der Waals surface area contributed by atoms with Gasteiger partial charge in [0.05, 0.1) is 11.3 Å². The Kier molecular flexibility index (Phi) is 8.50. The van der Waals surface area contributed by atoms with Gasteiger partial charge in [0.2, 0.25) is 5.95 Å². The van der Waals surface area contributed by atoms with Crippen LogP contribution in [0.3, 0.4) is 0 Å². The Morgan fingerprint density at radius 2 is 1.84 bits per heavy atom. The molecule has 8 nitrogen and oxygen atoms in total. The first-order chi connectivity index (χ1) is 14.1. The quantitative estimate of drug-likeness (QED) is 0.443. The predicted molar refractivity (Wildman–Crippen MR) is 127 cm³/mol. The van der Waals surface area contributed by atoms with Gasteiger partial charge in [-0.05, 0) is 24.8 Å². The Balaban J connectivity index is 0.00000171. The number of aromatic nitrogens is 3. The van der Waals surface area contributed by atoms with E-state index in [1.807, 2.05) is 0 Å². The average Bonchev–Trinajstić information content (AvgIpc) is 3.11. The average molecular weight is 467 g/mol. The zero-order valence-electron chi connectivity index (χ0n) is 17.6. The Morgan fingerprint density at radius 1 is 1.19 bits per heavy atom. The molecule has 0 aliphatic carbocycles. The Bertz CT molecular complexity index is 1000. The lowest BCUT2D eigenvalue weighted by molar-refractivity contribution is 0.0705. The van der Waals surface area contributed by atoms with E-state index in [0.29, 0.717) is 11.9 Å². The molecule has 2 aromatic heterocycles. The van der Waals surface area contributed by atoms with Crippen LogP contribution < -0.4 is 15.3 Å².